The van der Waals surface area contributed by atoms with E-state index in [4.69, 9.17) is 5.73 Å². The van der Waals surface area contributed by atoms with Gasteiger partial charge in [-0.2, -0.15) is 10.2 Å². The van der Waals surface area contributed by atoms with Gasteiger partial charge in [-0.05, 0) is 39.7 Å². The van der Waals surface area contributed by atoms with Crippen molar-refractivity contribution in [2.45, 2.75) is 39.7 Å². The first-order chi connectivity index (χ1) is 8.00. The van der Waals surface area contributed by atoms with E-state index in [1.165, 1.54) is 0 Å². The molecule has 1 aromatic heterocycles. The van der Waals surface area contributed by atoms with Crippen LogP contribution in [0.3, 0.4) is 0 Å². The van der Waals surface area contributed by atoms with Crippen LogP contribution in [0.4, 0.5) is 0 Å². The molecule has 1 aromatic rings. The smallest absolute Gasteiger partial charge is 0.253 e. The third-order valence-electron chi connectivity index (χ3n) is 2.47. The van der Waals surface area contributed by atoms with Gasteiger partial charge in [0.05, 0.1) is 17.0 Å². The summed E-state index contributed by atoms with van der Waals surface area (Å²) in [5, 5.41) is 10.7. The fourth-order valence-electron chi connectivity index (χ4n) is 1.50. The SMILES string of the molecule is Cc1cc(C(=O)NCCCC(C)N)c(C)nn1. The van der Waals surface area contributed by atoms with Gasteiger partial charge in [-0.3, -0.25) is 4.79 Å². The van der Waals surface area contributed by atoms with Crippen molar-refractivity contribution in [1.82, 2.24) is 15.5 Å². The van der Waals surface area contributed by atoms with Crippen LogP contribution in [-0.4, -0.2) is 28.7 Å². The molecule has 0 aliphatic rings. The molecule has 0 radical (unpaired) electrons. The van der Waals surface area contributed by atoms with Gasteiger partial charge in [0, 0.05) is 12.6 Å². The molecular weight excluding hydrogens is 216 g/mol. The van der Waals surface area contributed by atoms with Crippen LogP contribution in [0.25, 0.3) is 0 Å². The largest absolute Gasteiger partial charge is 0.352 e. The van der Waals surface area contributed by atoms with E-state index in [0.29, 0.717) is 17.8 Å². The molecule has 0 saturated carbocycles. The molecule has 0 spiro atoms. The highest BCUT2D eigenvalue weighted by Gasteiger charge is 2.10. The Bertz CT molecular complexity index is 390. The Morgan fingerprint density at radius 1 is 1.47 bits per heavy atom. The summed E-state index contributed by atoms with van der Waals surface area (Å²) < 4.78 is 0. The molecule has 17 heavy (non-hydrogen) atoms. The molecule has 0 aromatic carbocycles. The predicted octanol–water partition coefficient (Wildman–Crippen LogP) is 0.951. The Kier molecular flexibility index (Phi) is 5.03. The van der Waals surface area contributed by atoms with Crippen molar-refractivity contribution >= 4 is 5.91 Å². The Morgan fingerprint density at radius 3 is 2.82 bits per heavy atom. The summed E-state index contributed by atoms with van der Waals surface area (Å²) in [6.45, 7) is 6.20. The maximum atomic E-state index is 11.9. The molecule has 1 heterocycles. The Hall–Kier alpha value is -1.49. The second-order valence-electron chi connectivity index (χ2n) is 4.36. The number of hydrogen-bond donors (Lipinski definition) is 2. The molecule has 1 atom stereocenters. The van der Waals surface area contributed by atoms with E-state index in [1.807, 2.05) is 13.8 Å². The van der Waals surface area contributed by atoms with Crippen LogP contribution in [0.1, 0.15) is 41.5 Å². The predicted molar refractivity (Wildman–Crippen MR) is 66.7 cm³/mol. The second kappa shape index (κ2) is 6.30. The average molecular weight is 236 g/mol. The number of amides is 1. The summed E-state index contributed by atoms with van der Waals surface area (Å²) in [6.07, 6.45) is 1.80. The van der Waals surface area contributed by atoms with Crippen molar-refractivity contribution in [1.29, 1.82) is 0 Å². The lowest BCUT2D eigenvalue weighted by molar-refractivity contribution is 0.0951. The van der Waals surface area contributed by atoms with Gasteiger partial charge in [-0.25, -0.2) is 0 Å². The van der Waals surface area contributed by atoms with Crippen molar-refractivity contribution in [2.75, 3.05) is 6.54 Å². The van der Waals surface area contributed by atoms with Crippen molar-refractivity contribution in [3.63, 3.8) is 0 Å². The number of carbonyl (C=O) groups is 1. The first kappa shape index (κ1) is 13.6. The summed E-state index contributed by atoms with van der Waals surface area (Å²) >= 11 is 0. The molecule has 1 unspecified atom stereocenters. The van der Waals surface area contributed by atoms with Crippen LogP contribution < -0.4 is 11.1 Å². The normalized spacial score (nSPS) is 12.2. The number of aryl methyl sites for hydroxylation is 2. The third-order valence-corrected chi connectivity index (χ3v) is 2.47. The molecule has 0 aliphatic heterocycles. The van der Waals surface area contributed by atoms with Gasteiger partial charge in [0.25, 0.3) is 5.91 Å². The molecule has 1 amide bonds. The van der Waals surface area contributed by atoms with E-state index >= 15 is 0 Å². The van der Waals surface area contributed by atoms with Crippen LogP contribution in [0.15, 0.2) is 6.07 Å². The molecule has 5 heteroatoms. The highest BCUT2D eigenvalue weighted by Crippen LogP contribution is 2.05. The Balaban J connectivity index is 2.49. The Morgan fingerprint density at radius 2 is 2.18 bits per heavy atom. The lowest BCUT2D eigenvalue weighted by Crippen LogP contribution is -2.27. The zero-order chi connectivity index (χ0) is 12.8. The summed E-state index contributed by atoms with van der Waals surface area (Å²) in [7, 11) is 0. The van der Waals surface area contributed by atoms with Gasteiger partial charge in [0.2, 0.25) is 0 Å². The molecular formula is C12H20N4O. The average Bonchev–Trinajstić information content (AvgIpc) is 2.27. The number of hydrogen-bond acceptors (Lipinski definition) is 4. The highest BCUT2D eigenvalue weighted by atomic mass is 16.1. The van der Waals surface area contributed by atoms with Gasteiger partial charge in [-0.15, -0.1) is 0 Å². The topological polar surface area (TPSA) is 80.9 Å². The minimum Gasteiger partial charge on any atom is -0.352 e. The number of nitrogens with zero attached hydrogens (tertiary/aromatic N) is 2. The monoisotopic (exact) mass is 236 g/mol. The molecule has 5 nitrogen and oxygen atoms in total. The van der Waals surface area contributed by atoms with Crippen LogP contribution in [0.2, 0.25) is 0 Å². The first-order valence-corrected chi connectivity index (χ1v) is 5.85. The van der Waals surface area contributed by atoms with E-state index in [9.17, 15) is 4.79 Å². The van der Waals surface area contributed by atoms with Crippen molar-refractivity contribution in [3.05, 3.63) is 23.0 Å². The lowest BCUT2D eigenvalue weighted by atomic mass is 10.1. The van der Waals surface area contributed by atoms with Crippen LogP contribution in [0, 0.1) is 13.8 Å². The van der Waals surface area contributed by atoms with Gasteiger partial charge < -0.3 is 11.1 Å². The number of nitrogens with two attached hydrogens (primary N) is 1. The number of rotatable bonds is 5. The van der Waals surface area contributed by atoms with Gasteiger partial charge in [0.15, 0.2) is 0 Å². The maximum absolute atomic E-state index is 11.9. The van der Waals surface area contributed by atoms with Crippen molar-refractivity contribution < 1.29 is 4.79 Å². The van der Waals surface area contributed by atoms with E-state index in [2.05, 4.69) is 15.5 Å². The third kappa shape index (κ3) is 4.48. The summed E-state index contributed by atoms with van der Waals surface area (Å²) in [6, 6.07) is 1.93. The molecule has 0 saturated heterocycles. The van der Waals surface area contributed by atoms with Crippen LogP contribution >= 0.6 is 0 Å². The number of nitrogens with one attached hydrogen (secondary N) is 1. The van der Waals surface area contributed by atoms with E-state index < -0.39 is 0 Å². The molecule has 0 bridgehead atoms. The first-order valence-electron chi connectivity index (χ1n) is 5.85. The summed E-state index contributed by atoms with van der Waals surface area (Å²) in [5.41, 5.74) is 7.63. The molecule has 94 valence electrons. The fourth-order valence-corrected chi connectivity index (χ4v) is 1.50. The number of aromatic nitrogens is 2. The lowest BCUT2D eigenvalue weighted by Gasteiger charge is -2.08. The minimum atomic E-state index is -0.0924. The minimum absolute atomic E-state index is 0.0924. The van der Waals surface area contributed by atoms with Gasteiger partial charge in [-0.1, -0.05) is 0 Å². The molecule has 1 rings (SSSR count). The zero-order valence-electron chi connectivity index (χ0n) is 10.7. The molecule has 3 N–H and O–H groups in total. The van der Waals surface area contributed by atoms with Crippen LogP contribution in [0.5, 0.6) is 0 Å². The van der Waals surface area contributed by atoms with E-state index in [0.717, 1.165) is 18.5 Å². The van der Waals surface area contributed by atoms with Crippen molar-refractivity contribution in [2.24, 2.45) is 5.73 Å². The summed E-state index contributed by atoms with van der Waals surface area (Å²) in [4.78, 5) is 11.9. The zero-order valence-corrected chi connectivity index (χ0v) is 10.7. The number of carbonyl (C=O) groups excluding carboxylic acids is 1. The highest BCUT2D eigenvalue weighted by molar-refractivity contribution is 5.95. The standard InChI is InChI=1S/C12H20N4O/c1-8(13)5-4-6-14-12(17)11-7-9(2)15-16-10(11)3/h7-8H,4-6,13H2,1-3H3,(H,14,17). The van der Waals surface area contributed by atoms with Gasteiger partial charge >= 0.3 is 0 Å². The molecule has 0 fully saturated rings. The fraction of sp³-hybridized carbons (Fsp3) is 0.583. The quantitative estimate of drug-likeness (QED) is 0.746. The van der Waals surface area contributed by atoms with E-state index in [-0.39, 0.29) is 11.9 Å². The van der Waals surface area contributed by atoms with Crippen molar-refractivity contribution in [3.8, 4) is 0 Å². The molecule has 0 aliphatic carbocycles. The van der Waals surface area contributed by atoms with Gasteiger partial charge in [0.1, 0.15) is 0 Å². The second-order valence-corrected chi connectivity index (χ2v) is 4.36. The maximum Gasteiger partial charge on any atom is 0.253 e. The van der Waals surface area contributed by atoms with E-state index in [1.54, 1.807) is 13.0 Å². The van der Waals surface area contributed by atoms with Crippen LogP contribution in [-0.2, 0) is 0 Å². The summed E-state index contributed by atoms with van der Waals surface area (Å²) in [5.74, 6) is -0.0924. The Labute approximate surface area is 102 Å².